The summed E-state index contributed by atoms with van der Waals surface area (Å²) in [4.78, 5) is 12.1. The van der Waals surface area contributed by atoms with Gasteiger partial charge in [-0.15, -0.1) is 23.1 Å². The van der Waals surface area contributed by atoms with Crippen molar-refractivity contribution in [3.8, 4) is 28.8 Å². The summed E-state index contributed by atoms with van der Waals surface area (Å²) in [7, 11) is 0. The van der Waals surface area contributed by atoms with E-state index in [1.54, 1.807) is 11.3 Å². The first-order chi connectivity index (χ1) is 15.7. The van der Waals surface area contributed by atoms with E-state index in [2.05, 4.69) is 27.4 Å². The van der Waals surface area contributed by atoms with Gasteiger partial charge in [-0.05, 0) is 62.5 Å². The fourth-order valence-electron chi connectivity index (χ4n) is 4.19. The minimum absolute atomic E-state index is 0.498. The quantitative estimate of drug-likeness (QED) is 0.495. The Balaban J connectivity index is 1.21. The fraction of sp³-hybridized carbons (Fsp3) is 0.375. The number of rotatable bonds is 5. The van der Waals surface area contributed by atoms with Crippen LogP contribution in [0.1, 0.15) is 35.0 Å². The summed E-state index contributed by atoms with van der Waals surface area (Å²) in [6.45, 7) is 4.08. The molecule has 0 aliphatic carbocycles. The van der Waals surface area contributed by atoms with Gasteiger partial charge >= 0.3 is 0 Å². The van der Waals surface area contributed by atoms with Crippen LogP contribution in [0.15, 0.2) is 40.7 Å². The van der Waals surface area contributed by atoms with Crippen molar-refractivity contribution in [2.75, 3.05) is 32.6 Å². The molecule has 0 radical (unpaired) electrons. The lowest BCUT2D eigenvalue weighted by Gasteiger charge is -2.30. The van der Waals surface area contributed by atoms with Gasteiger partial charge in [0.25, 0.3) is 0 Å². The van der Waals surface area contributed by atoms with Crippen LogP contribution in [0.3, 0.4) is 0 Å². The van der Waals surface area contributed by atoms with E-state index in [4.69, 9.17) is 14.5 Å². The van der Waals surface area contributed by atoms with E-state index in [9.17, 15) is 5.26 Å². The molecule has 5 rings (SSSR count). The molecule has 3 aromatic rings. The highest BCUT2D eigenvalue weighted by Crippen LogP contribution is 2.37. The van der Waals surface area contributed by atoms with Gasteiger partial charge in [0.1, 0.15) is 24.3 Å². The molecule has 0 saturated carbocycles. The van der Waals surface area contributed by atoms with E-state index in [0.29, 0.717) is 24.7 Å². The van der Waals surface area contributed by atoms with Crippen molar-refractivity contribution < 1.29 is 9.47 Å². The molecule has 0 N–H and O–H groups in total. The monoisotopic (exact) mass is 464 g/mol. The Kier molecular flexibility index (Phi) is 6.30. The first-order valence-corrected chi connectivity index (χ1v) is 12.9. The van der Waals surface area contributed by atoms with Crippen LogP contribution in [0, 0.1) is 11.3 Å². The first kappa shape index (κ1) is 21.3. The molecule has 164 valence electrons. The number of nitrogens with zero attached hydrogens (tertiary/aromatic N) is 4. The van der Waals surface area contributed by atoms with Crippen LogP contribution in [0.4, 0.5) is 0 Å². The van der Waals surface area contributed by atoms with Crippen molar-refractivity contribution in [1.82, 2.24) is 14.9 Å². The van der Waals surface area contributed by atoms with Gasteiger partial charge in [-0.2, -0.15) is 5.26 Å². The highest BCUT2D eigenvalue weighted by atomic mass is 32.2. The van der Waals surface area contributed by atoms with E-state index in [-0.39, 0.29) is 0 Å². The smallest absolute Gasteiger partial charge is 0.162 e. The Morgan fingerprint density at radius 2 is 1.94 bits per heavy atom. The standard InChI is InChI=1S/C24H24N4O2S2/c1-31-23-18(13-25)2-4-19(26-23)14-28-8-6-16(7-9-28)24-27-20(15-32-24)17-3-5-21-22(12-17)30-11-10-29-21/h2-5,12,15-16H,6-11,14H2,1H3. The third kappa shape index (κ3) is 4.46. The van der Waals surface area contributed by atoms with E-state index in [1.807, 2.05) is 30.5 Å². The molecule has 1 aromatic carbocycles. The molecule has 2 aliphatic heterocycles. The SMILES string of the molecule is CSc1nc(CN2CCC(c3nc(-c4ccc5c(c4)OCCO5)cs3)CC2)ccc1C#N. The summed E-state index contributed by atoms with van der Waals surface area (Å²) in [5.74, 6) is 2.11. The molecule has 0 spiro atoms. The lowest BCUT2D eigenvalue weighted by atomic mass is 9.97. The van der Waals surface area contributed by atoms with Crippen molar-refractivity contribution >= 4 is 23.1 Å². The molecular formula is C24H24N4O2S2. The molecule has 0 bridgehead atoms. The molecule has 0 amide bonds. The Labute approximate surface area is 196 Å². The Hall–Kier alpha value is -2.60. The number of aromatic nitrogens is 2. The van der Waals surface area contributed by atoms with Gasteiger partial charge < -0.3 is 9.47 Å². The number of benzene rings is 1. The van der Waals surface area contributed by atoms with Crippen LogP contribution in [0.5, 0.6) is 11.5 Å². The summed E-state index contributed by atoms with van der Waals surface area (Å²) in [5, 5.41) is 13.4. The number of nitriles is 1. The van der Waals surface area contributed by atoms with Crippen molar-refractivity contribution in [3.05, 3.63) is 52.0 Å². The first-order valence-electron chi connectivity index (χ1n) is 10.8. The fourth-order valence-corrected chi connectivity index (χ4v) is 5.73. The number of hydrogen-bond donors (Lipinski definition) is 0. The van der Waals surface area contributed by atoms with Crippen molar-refractivity contribution in [3.63, 3.8) is 0 Å². The van der Waals surface area contributed by atoms with E-state index < -0.39 is 0 Å². The van der Waals surface area contributed by atoms with Crippen molar-refractivity contribution in [2.45, 2.75) is 30.3 Å². The summed E-state index contributed by atoms with van der Waals surface area (Å²) in [6, 6.07) is 12.1. The second-order valence-electron chi connectivity index (χ2n) is 7.95. The summed E-state index contributed by atoms with van der Waals surface area (Å²) >= 11 is 3.28. The van der Waals surface area contributed by atoms with Crippen LogP contribution in [0.25, 0.3) is 11.3 Å². The van der Waals surface area contributed by atoms with Crippen LogP contribution in [0.2, 0.25) is 0 Å². The second kappa shape index (κ2) is 9.49. The minimum Gasteiger partial charge on any atom is -0.486 e. The number of hydrogen-bond acceptors (Lipinski definition) is 8. The molecular weight excluding hydrogens is 440 g/mol. The van der Waals surface area contributed by atoms with Crippen LogP contribution < -0.4 is 9.47 Å². The number of pyridine rings is 1. The van der Waals surface area contributed by atoms with E-state index >= 15 is 0 Å². The Bertz CT molecular complexity index is 1150. The minimum atomic E-state index is 0.498. The van der Waals surface area contributed by atoms with Gasteiger partial charge in [0, 0.05) is 23.4 Å². The highest BCUT2D eigenvalue weighted by molar-refractivity contribution is 7.98. The van der Waals surface area contributed by atoms with Crippen LogP contribution in [-0.4, -0.2) is 47.4 Å². The third-order valence-corrected chi connectivity index (χ3v) is 7.62. The summed E-state index contributed by atoms with van der Waals surface area (Å²) in [5.41, 5.74) is 3.76. The second-order valence-corrected chi connectivity index (χ2v) is 9.64. The molecule has 1 fully saturated rings. The number of ether oxygens (including phenoxy) is 2. The Morgan fingerprint density at radius 1 is 1.12 bits per heavy atom. The molecule has 1 saturated heterocycles. The molecule has 32 heavy (non-hydrogen) atoms. The van der Waals surface area contributed by atoms with E-state index in [0.717, 1.165) is 66.0 Å². The molecule has 2 aromatic heterocycles. The predicted molar refractivity (Wildman–Crippen MR) is 127 cm³/mol. The topological polar surface area (TPSA) is 71.3 Å². The normalized spacial score (nSPS) is 16.6. The van der Waals surface area contributed by atoms with Gasteiger partial charge in [-0.3, -0.25) is 4.90 Å². The highest BCUT2D eigenvalue weighted by Gasteiger charge is 2.24. The van der Waals surface area contributed by atoms with Crippen LogP contribution >= 0.6 is 23.1 Å². The zero-order chi connectivity index (χ0) is 21.9. The lowest BCUT2D eigenvalue weighted by molar-refractivity contribution is 0.171. The molecule has 2 aliphatic rings. The lowest BCUT2D eigenvalue weighted by Crippen LogP contribution is -2.32. The van der Waals surface area contributed by atoms with E-state index in [1.165, 1.54) is 16.8 Å². The van der Waals surface area contributed by atoms with Crippen LogP contribution in [-0.2, 0) is 6.54 Å². The molecule has 0 unspecified atom stereocenters. The molecule has 4 heterocycles. The number of thioether (sulfide) groups is 1. The average molecular weight is 465 g/mol. The molecule has 8 heteroatoms. The maximum Gasteiger partial charge on any atom is 0.162 e. The maximum absolute atomic E-state index is 9.20. The van der Waals surface area contributed by atoms with Crippen molar-refractivity contribution in [2.24, 2.45) is 0 Å². The largest absolute Gasteiger partial charge is 0.486 e. The predicted octanol–water partition coefficient (Wildman–Crippen LogP) is 4.95. The number of piperidine rings is 1. The van der Waals surface area contributed by atoms with Gasteiger partial charge in [-0.25, -0.2) is 9.97 Å². The number of thiazole rings is 1. The van der Waals surface area contributed by atoms with Gasteiger partial charge in [0.15, 0.2) is 11.5 Å². The molecule has 6 nitrogen and oxygen atoms in total. The summed E-state index contributed by atoms with van der Waals surface area (Å²) in [6.07, 6.45) is 4.16. The van der Waals surface area contributed by atoms with Gasteiger partial charge in [-0.1, -0.05) is 0 Å². The Morgan fingerprint density at radius 3 is 2.72 bits per heavy atom. The maximum atomic E-state index is 9.20. The average Bonchev–Trinajstić information content (AvgIpc) is 3.34. The number of fused-ring (bicyclic) bond motifs is 1. The van der Waals surface area contributed by atoms with Gasteiger partial charge in [0.05, 0.1) is 22.0 Å². The zero-order valence-corrected chi connectivity index (χ0v) is 19.5. The van der Waals surface area contributed by atoms with Crippen molar-refractivity contribution in [1.29, 1.82) is 5.26 Å². The van der Waals surface area contributed by atoms with Gasteiger partial charge in [0.2, 0.25) is 0 Å². The summed E-state index contributed by atoms with van der Waals surface area (Å²) < 4.78 is 11.3. The third-order valence-electron chi connectivity index (χ3n) is 5.91. The molecule has 0 atom stereocenters. The zero-order valence-electron chi connectivity index (χ0n) is 17.9. The number of likely N-dealkylation sites (tertiary alicyclic amines) is 1.